The fourth-order valence-electron chi connectivity index (χ4n) is 1.82. The molecule has 0 aromatic rings. The van der Waals surface area contributed by atoms with Crippen molar-refractivity contribution < 1.29 is 24.6 Å². The van der Waals surface area contributed by atoms with Crippen LogP contribution in [0.3, 0.4) is 0 Å². The number of thioether (sulfide) groups is 2. The van der Waals surface area contributed by atoms with E-state index in [-0.39, 0.29) is 35.2 Å². The van der Waals surface area contributed by atoms with Gasteiger partial charge in [-0.05, 0) is 0 Å². The van der Waals surface area contributed by atoms with E-state index in [4.69, 9.17) is 10.2 Å². The standard InChI is InChI=1S/C10H12N2O5S2/c1-11-5(14)3-18-10-6(9(16)17)12-7(15)4(2-13)8(12)19-10/h4,8,13H,2-3H2,1H3,(H,11,14)(H,16,17)/t4?,8-/m1/s1. The van der Waals surface area contributed by atoms with E-state index in [0.717, 1.165) is 11.8 Å². The number of nitrogens with zero attached hydrogens (tertiary/aromatic N) is 1. The fourth-order valence-corrected chi connectivity index (χ4v) is 4.50. The second kappa shape index (κ2) is 5.43. The average Bonchev–Trinajstić information content (AvgIpc) is 2.71. The Morgan fingerprint density at radius 2 is 2.21 bits per heavy atom. The predicted molar refractivity (Wildman–Crippen MR) is 70.0 cm³/mol. The third-order valence-electron chi connectivity index (χ3n) is 2.83. The van der Waals surface area contributed by atoms with Crippen molar-refractivity contribution in [1.82, 2.24) is 10.2 Å². The largest absolute Gasteiger partial charge is 0.477 e. The van der Waals surface area contributed by atoms with Crippen LogP contribution in [0.4, 0.5) is 0 Å². The number of carboxylic acids is 1. The lowest BCUT2D eigenvalue weighted by molar-refractivity contribution is -0.153. The molecule has 0 aliphatic carbocycles. The molecule has 1 saturated heterocycles. The van der Waals surface area contributed by atoms with Crippen LogP contribution >= 0.6 is 23.5 Å². The molecule has 19 heavy (non-hydrogen) atoms. The summed E-state index contributed by atoms with van der Waals surface area (Å²) in [5, 5.41) is 20.3. The zero-order chi connectivity index (χ0) is 14.2. The molecule has 2 rings (SSSR count). The number of rotatable bonds is 5. The molecule has 0 radical (unpaired) electrons. The van der Waals surface area contributed by atoms with Gasteiger partial charge in [-0.25, -0.2) is 4.79 Å². The third-order valence-corrected chi connectivity index (χ3v) is 5.52. The molecular weight excluding hydrogens is 292 g/mol. The molecule has 1 unspecified atom stereocenters. The monoisotopic (exact) mass is 304 g/mol. The molecule has 1 fully saturated rings. The minimum Gasteiger partial charge on any atom is -0.477 e. The molecule has 2 amide bonds. The average molecular weight is 304 g/mol. The highest BCUT2D eigenvalue weighted by molar-refractivity contribution is 8.23. The first-order valence-electron chi connectivity index (χ1n) is 5.42. The van der Waals surface area contributed by atoms with Gasteiger partial charge in [0.2, 0.25) is 11.8 Å². The summed E-state index contributed by atoms with van der Waals surface area (Å²) >= 11 is 2.30. The number of carbonyl (C=O) groups is 3. The summed E-state index contributed by atoms with van der Waals surface area (Å²) in [6, 6.07) is 0. The van der Waals surface area contributed by atoms with Crippen LogP contribution in [-0.4, -0.2) is 57.7 Å². The van der Waals surface area contributed by atoms with Crippen molar-refractivity contribution in [2.75, 3.05) is 19.4 Å². The number of carbonyl (C=O) groups excluding carboxylic acids is 2. The summed E-state index contributed by atoms with van der Waals surface area (Å²) in [7, 11) is 1.50. The fraction of sp³-hybridized carbons (Fsp3) is 0.500. The summed E-state index contributed by atoms with van der Waals surface area (Å²) in [4.78, 5) is 35.3. The van der Waals surface area contributed by atoms with Gasteiger partial charge in [-0.3, -0.25) is 14.5 Å². The number of hydrogen-bond donors (Lipinski definition) is 3. The van der Waals surface area contributed by atoms with Crippen LogP contribution in [-0.2, 0) is 14.4 Å². The van der Waals surface area contributed by atoms with Crippen LogP contribution < -0.4 is 5.32 Å². The summed E-state index contributed by atoms with van der Waals surface area (Å²) in [5.41, 5.74) is -0.0846. The summed E-state index contributed by atoms with van der Waals surface area (Å²) in [6.45, 7) is -0.298. The van der Waals surface area contributed by atoms with E-state index < -0.39 is 11.9 Å². The molecule has 7 nitrogen and oxygen atoms in total. The minimum atomic E-state index is -1.20. The number of hydrogen-bond acceptors (Lipinski definition) is 6. The Kier molecular flexibility index (Phi) is 4.07. The number of aliphatic hydroxyl groups is 1. The van der Waals surface area contributed by atoms with E-state index >= 15 is 0 Å². The van der Waals surface area contributed by atoms with Gasteiger partial charge >= 0.3 is 5.97 Å². The van der Waals surface area contributed by atoms with Gasteiger partial charge in [0.25, 0.3) is 0 Å². The molecule has 104 valence electrons. The number of fused-ring (bicyclic) bond motifs is 1. The van der Waals surface area contributed by atoms with Crippen LogP contribution in [0.5, 0.6) is 0 Å². The number of amides is 2. The maximum absolute atomic E-state index is 11.7. The van der Waals surface area contributed by atoms with E-state index in [1.165, 1.54) is 23.7 Å². The lowest BCUT2D eigenvalue weighted by atomic mass is 9.99. The molecule has 2 atom stereocenters. The van der Waals surface area contributed by atoms with Gasteiger partial charge < -0.3 is 15.5 Å². The van der Waals surface area contributed by atoms with Crippen molar-refractivity contribution >= 4 is 41.3 Å². The highest BCUT2D eigenvalue weighted by atomic mass is 32.2. The van der Waals surface area contributed by atoms with Gasteiger partial charge in [0, 0.05) is 7.05 Å². The van der Waals surface area contributed by atoms with Crippen LogP contribution in [0.25, 0.3) is 0 Å². The molecule has 0 spiro atoms. The van der Waals surface area contributed by atoms with Crippen LogP contribution in [0.15, 0.2) is 9.93 Å². The maximum Gasteiger partial charge on any atom is 0.354 e. The van der Waals surface area contributed by atoms with Gasteiger partial charge in [-0.2, -0.15) is 0 Å². The zero-order valence-corrected chi connectivity index (χ0v) is 11.6. The summed E-state index contributed by atoms with van der Waals surface area (Å²) in [5.74, 6) is -2.26. The first-order valence-corrected chi connectivity index (χ1v) is 7.29. The van der Waals surface area contributed by atoms with Crippen molar-refractivity contribution in [3.8, 4) is 0 Å². The van der Waals surface area contributed by atoms with Gasteiger partial charge in [0.05, 0.1) is 22.5 Å². The highest BCUT2D eigenvalue weighted by Crippen LogP contribution is 2.52. The van der Waals surface area contributed by atoms with Crippen LogP contribution in [0.1, 0.15) is 0 Å². The van der Waals surface area contributed by atoms with Gasteiger partial charge in [-0.1, -0.05) is 11.8 Å². The normalized spacial score (nSPS) is 25.2. The van der Waals surface area contributed by atoms with Crippen molar-refractivity contribution in [2.45, 2.75) is 5.37 Å². The number of β-lactam (4-membered cyclic amide) rings is 1. The van der Waals surface area contributed by atoms with Crippen molar-refractivity contribution in [3.63, 3.8) is 0 Å². The van der Waals surface area contributed by atoms with E-state index in [1.54, 1.807) is 0 Å². The van der Waals surface area contributed by atoms with E-state index in [1.807, 2.05) is 0 Å². The molecular formula is C10H12N2O5S2. The SMILES string of the molecule is CNC(=O)CSC1=C(C(=O)O)N2C(=O)C(CO)[C@H]2S1. The Hall–Kier alpha value is -1.19. The second-order valence-electron chi connectivity index (χ2n) is 3.91. The second-order valence-corrected chi connectivity index (χ2v) is 6.28. The Morgan fingerprint density at radius 3 is 2.74 bits per heavy atom. The van der Waals surface area contributed by atoms with Gasteiger partial charge in [-0.15, -0.1) is 11.8 Å². The molecule has 0 aromatic heterocycles. The lowest BCUT2D eigenvalue weighted by Crippen LogP contribution is -2.58. The number of aliphatic hydroxyl groups excluding tert-OH is 1. The molecule has 0 saturated carbocycles. The van der Waals surface area contributed by atoms with Crippen LogP contribution in [0.2, 0.25) is 0 Å². The lowest BCUT2D eigenvalue weighted by Gasteiger charge is -2.41. The molecule has 2 aliphatic rings. The molecule has 9 heteroatoms. The van der Waals surface area contributed by atoms with Crippen molar-refractivity contribution in [1.29, 1.82) is 0 Å². The molecule has 0 aromatic carbocycles. The first-order chi connectivity index (χ1) is 9.01. The Bertz CT molecular complexity index is 479. The first kappa shape index (κ1) is 14.2. The molecule has 3 N–H and O–H groups in total. The summed E-state index contributed by atoms with van der Waals surface area (Å²) in [6.07, 6.45) is 0. The van der Waals surface area contributed by atoms with Crippen molar-refractivity contribution in [3.05, 3.63) is 9.93 Å². The number of aliphatic carboxylic acids is 1. The molecule has 2 heterocycles. The quantitative estimate of drug-likeness (QED) is 0.573. The molecule has 0 bridgehead atoms. The highest BCUT2D eigenvalue weighted by Gasteiger charge is 2.55. The smallest absolute Gasteiger partial charge is 0.354 e. The Balaban J connectivity index is 2.15. The Labute approximate surface area is 117 Å². The van der Waals surface area contributed by atoms with E-state index in [9.17, 15) is 14.4 Å². The minimum absolute atomic E-state index is 0.0846. The van der Waals surface area contributed by atoms with E-state index in [0.29, 0.717) is 4.24 Å². The Morgan fingerprint density at radius 1 is 1.53 bits per heavy atom. The zero-order valence-electron chi connectivity index (χ0n) is 9.95. The number of nitrogens with one attached hydrogen (secondary N) is 1. The van der Waals surface area contributed by atoms with Gasteiger partial charge in [0.15, 0.2) is 5.70 Å². The predicted octanol–water partition coefficient (Wildman–Crippen LogP) is -0.757. The van der Waals surface area contributed by atoms with Crippen LogP contribution in [0, 0.1) is 5.92 Å². The third kappa shape index (κ3) is 2.33. The topological polar surface area (TPSA) is 107 Å². The van der Waals surface area contributed by atoms with E-state index in [2.05, 4.69) is 5.32 Å². The maximum atomic E-state index is 11.7. The van der Waals surface area contributed by atoms with Crippen molar-refractivity contribution in [2.24, 2.45) is 5.92 Å². The number of carboxylic acid groups (broad SMARTS) is 1. The summed E-state index contributed by atoms with van der Waals surface area (Å²) < 4.78 is 0.436. The molecule has 2 aliphatic heterocycles. The van der Waals surface area contributed by atoms with Gasteiger partial charge in [0.1, 0.15) is 5.37 Å².